The Bertz CT molecular complexity index is 508. The first-order chi connectivity index (χ1) is 9.30. The lowest BCUT2D eigenvalue weighted by molar-refractivity contribution is -0.137. The van der Waals surface area contributed by atoms with Gasteiger partial charge in [-0.1, -0.05) is 6.42 Å². The molecule has 3 N–H and O–H groups in total. The van der Waals surface area contributed by atoms with Gasteiger partial charge >= 0.3 is 22.3 Å². The lowest BCUT2D eigenvalue weighted by Crippen LogP contribution is -2.44. The van der Waals surface area contributed by atoms with Gasteiger partial charge in [-0.15, -0.1) is 0 Å². The Balaban J connectivity index is 1.98. The van der Waals surface area contributed by atoms with E-state index in [-0.39, 0.29) is 17.7 Å². The summed E-state index contributed by atoms with van der Waals surface area (Å²) in [5.74, 6) is -0.273. The van der Waals surface area contributed by atoms with Crippen molar-refractivity contribution < 1.29 is 27.7 Å². The molecule has 2 fully saturated rings. The smallest absolute Gasteiger partial charge is 0.363 e. The molecule has 0 unspecified atom stereocenters. The molecule has 3 atom stereocenters. The molecule has 8 nitrogen and oxygen atoms in total. The molecule has 0 saturated carbocycles. The molecule has 2 heterocycles. The van der Waals surface area contributed by atoms with Crippen LogP contribution in [0.2, 0.25) is 0 Å². The molecule has 0 aromatic carbocycles. The van der Waals surface area contributed by atoms with Crippen LogP contribution in [0.1, 0.15) is 25.7 Å². The number of unbranched alkanes of at least 4 members (excludes halogenated alkanes) is 1. The van der Waals surface area contributed by atoms with Crippen LogP contribution in [0.25, 0.3) is 0 Å². The first kappa shape index (κ1) is 15.4. The van der Waals surface area contributed by atoms with Gasteiger partial charge in [-0.25, -0.2) is 4.79 Å². The average molecular weight is 324 g/mol. The molecule has 2 amide bonds. The van der Waals surface area contributed by atoms with Crippen molar-refractivity contribution in [1.82, 2.24) is 9.62 Å². The van der Waals surface area contributed by atoms with Crippen molar-refractivity contribution in [2.75, 3.05) is 5.75 Å². The van der Waals surface area contributed by atoms with Crippen molar-refractivity contribution in [2.45, 2.75) is 43.0 Å². The van der Waals surface area contributed by atoms with Crippen LogP contribution in [0.3, 0.4) is 0 Å². The van der Waals surface area contributed by atoms with E-state index in [2.05, 4.69) is 5.32 Å². The van der Waals surface area contributed by atoms with Crippen LogP contribution in [-0.2, 0) is 15.1 Å². The molecule has 2 aliphatic heterocycles. The van der Waals surface area contributed by atoms with Gasteiger partial charge in [0.25, 0.3) is 0 Å². The minimum Gasteiger partial charge on any atom is -0.481 e. The molecule has 2 rings (SSSR count). The number of carbonyl (C=O) groups is 2. The molecule has 2 aliphatic rings. The predicted octanol–water partition coefficient (Wildman–Crippen LogP) is 0.312. The molecule has 0 bridgehead atoms. The summed E-state index contributed by atoms with van der Waals surface area (Å²) in [7, 11) is -4.57. The van der Waals surface area contributed by atoms with Gasteiger partial charge in [-0.2, -0.15) is 24.5 Å². The van der Waals surface area contributed by atoms with Crippen LogP contribution in [0.5, 0.6) is 0 Å². The summed E-state index contributed by atoms with van der Waals surface area (Å²) >= 11 is 1.54. The number of aliphatic carboxylic acids is 1. The van der Waals surface area contributed by atoms with Gasteiger partial charge in [0.05, 0.1) is 12.1 Å². The fourth-order valence-electron chi connectivity index (χ4n) is 2.62. The Kier molecular flexibility index (Phi) is 4.45. The van der Waals surface area contributed by atoms with Crippen molar-refractivity contribution in [3.8, 4) is 0 Å². The van der Waals surface area contributed by atoms with E-state index in [1.54, 1.807) is 0 Å². The Morgan fingerprint density at radius 1 is 1.45 bits per heavy atom. The highest BCUT2D eigenvalue weighted by Gasteiger charge is 2.52. The van der Waals surface area contributed by atoms with Gasteiger partial charge in [0.2, 0.25) is 0 Å². The van der Waals surface area contributed by atoms with E-state index in [9.17, 15) is 18.0 Å². The molecule has 0 aromatic heterocycles. The highest BCUT2D eigenvalue weighted by Crippen LogP contribution is 2.38. The summed E-state index contributed by atoms with van der Waals surface area (Å²) in [5, 5.41) is 11.0. The van der Waals surface area contributed by atoms with Crippen molar-refractivity contribution in [1.29, 1.82) is 0 Å². The maximum absolute atomic E-state index is 11.6. The third-order valence-corrected chi connectivity index (χ3v) is 5.84. The zero-order chi connectivity index (χ0) is 14.9. The summed E-state index contributed by atoms with van der Waals surface area (Å²) in [6, 6.07) is -1.68. The maximum atomic E-state index is 11.6. The van der Waals surface area contributed by atoms with E-state index in [4.69, 9.17) is 9.66 Å². The molecule has 114 valence electrons. The summed E-state index contributed by atoms with van der Waals surface area (Å²) in [6.07, 6.45) is 1.84. The summed E-state index contributed by atoms with van der Waals surface area (Å²) in [5.41, 5.74) is 0. The standard InChI is InChI=1S/C10H16N2O6S2/c13-8(14)4-2-1-3-7-9-6(5-19-7)11-10(15)12(9)20(16,17)18/h6-7,9H,1-5H2,(H,11,15)(H,13,14)(H,16,17,18)/t6-,7-,9-/m1/s1. The fourth-order valence-corrected chi connectivity index (χ4v) is 5.13. The normalized spacial score (nSPS) is 29.4. The second-order valence-corrected chi connectivity index (χ2v) is 7.39. The van der Waals surface area contributed by atoms with Gasteiger partial charge in [-0.05, 0) is 12.8 Å². The Morgan fingerprint density at radius 3 is 2.75 bits per heavy atom. The Hall–Kier alpha value is -1.00. The topological polar surface area (TPSA) is 124 Å². The molecule has 20 heavy (non-hydrogen) atoms. The van der Waals surface area contributed by atoms with E-state index >= 15 is 0 Å². The number of thioether (sulfide) groups is 1. The van der Waals surface area contributed by atoms with E-state index in [1.807, 2.05) is 0 Å². The maximum Gasteiger partial charge on any atom is 0.363 e. The van der Waals surface area contributed by atoms with Gasteiger partial charge in [-0.3, -0.25) is 9.35 Å². The highest BCUT2D eigenvalue weighted by molar-refractivity contribution is 8.00. The molecule has 0 aliphatic carbocycles. The first-order valence-electron chi connectivity index (χ1n) is 6.21. The van der Waals surface area contributed by atoms with Gasteiger partial charge in [0, 0.05) is 17.4 Å². The van der Waals surface area contributed by atoms with Crippen molar-refractivity contribution in [2.24, 2.45) is 0 Å². The number of nitrogens with zero attached hydrogens (tertiary/aromatic N) is 1. The highest BCUT2D eigenvalue weighted by atomic mass is 32.2. The predicted molar refractivity (Wildman–Crippen MR) is 71.8 cm³/mol. The van der Waals surface area contributed by atoms with Crippen LogP contribution in [0, 0.1) is 0 Å². The molecule has 0 spiro atoms. The number of urea groups is 1. The van der Waals surface area contributed by atoms with Crippen LogP contribution in [0.15, 0.2) is 0 Å². The number of fused-ring (bicyclic) bond motifs is 1. The monoisotopic (exact) mass is 324 g/mol. The second-order valence-electron chi connectivity index (χ2n) is 4.83. The molecular formula is C10H16N2O6S2. The lowest BCUT2D eigenvalue weighted by atomic mass is 10.0. The average Bonchev–Trinajstić information content (AvgIpc) is 2.81. The van der Waals surface area contributed by atoms with Crippen molar-refractivity contribution >= 4 is 34.1 Å². The zero-order valence-electron chi connectivity index (χ0n) is 10.6. The lowest BCUT2D eigenvalue weighted by Gasteiger charge is -2.23. The summed E-state index contributed by atoms with van der Waals surface area (Å²) < 4.78 is 32.2. The number of hydrogen-bond acceptors (Lipinski definition) is 5. The largest absolute Gasteiger partial charge is 0.481 e. The van der Waals surface area contributed by atoms with Crippen LogP contribution >= 0.6 is 11.8 Å². The minimum absolute atomic E-state index is 0.0741. The third-order valence-electron chi connectivity index (χ3n) is 3.44. The molecule has 0 aromatic rings. The number of carboxylic acid groups (broad SMARTS) is 1. The Labute approximate surface area is 120 Å². The second kappa shape index (κ2) is 5.78. The summed E-state index contributed by atoms with van der Waals surface area (Å²) in [4.78, 5) is 22.0. The first-order valence-corrected chi connectivity index (χ1v) is 8.66. The number of nitrogens with one attached hydrogen (secondary N) is 1. The molecular weight excluding hydrogens is 308 g/mol. The molecule has 0 radical (unpaired) electrons. The van der Waals surface area contributed by atoms with E-state index in [0.717, 1.165) is 0 Å². The quantitative estimate of drug-likeness (QED) is 0.365. The fraction of sp³-hybridized carbons (Fsp3) is 0.800. The van der Waals surface area contributed by atoms with Crippen LogP contribution in [-0.4, -0.2) is 57.5 Å². The number of carboxylic acids is 1. The number of carbonyl (C=O) groups excluding carboxylic acids is 1. The van der Waals surface area contributed by atoms with Gasteiger partial charge in [0.1, 0.15) is 0 Å². The van der Waals surface area contributed by atoms with Crippen LogP contribution in [0.4, 0.5) is 4.79 Å². The van der Waals surface area contributed by atoms with Crippen molar-refractivity contribution in [3.63, 3.8) is 0 Å². The molecule has 2 saturated heterocycles. The van der Waals surface area contributed by atoms with Crippen molar-refractivity contribution in [3.05, 3.63) is 0 Å². The SMILES string of the molecule is O=C(O)CCCC[C@H]1SC[C@H]2NC(=O)N(S(=O)(=O)O)[C@H]21. The number of amides is 2. The number of rotatable bonds is 6. The van der Waals surface area contributed by atoms with Crippen LogP contribution < -0.4 is 5.32 Å². The third kappa shape index (κ3) is 3.18. The minimum atomic E-state index is -4.57. The van der Waals surface area contributed by atoms with E-state index in [1.165, 1.54) is 11.8 Å². The summed E-state index contributed by atoms with van der Waals surface area (Å²) in [6.45, 7) is 0. The van der Waals surface area contributed by atoms with E-state index < -0.39 is 28.3 Å². The molecule has 10 heteroatoms. The Morgan fingerprint density at radius 2 is 2.15 bits per heavy atom. The van der Waals surface area contributed by atoms with Gasteiger partial charge in [0.15, 0.2) is 0 Å². The zero-order valence-corrected chi connectivity index (χ0v) is 12.2. The van der Waals surface area contributed by atoms with Gasteiger partial charge < -0.3 is 10.4 Å². The number of hydrogen-bond donors (Lipinski definition) is 3. The van der Waals surface area contributed by atoms with E-state index in [0.29, 0.717) is 29.3 Å².